The van der Waals surface area contributed by atoms with Crippen molar-refractivity contribution >= 4 is 50.5 Å². The lowest BCUT2D eigenvalue weighted by Gasteiger charge is -2.13. The largest absolute Gasteiger partial charge is 0.395 e. The molecule has 0 aliphatic rings. The minimum Gasteiger partial charge on any atom is -0.395 e. The molecule has 11 heteroatoms. The van der Waals surface area contributed by atoms with Crippen LogP contribution >= 0.6 is 34.8 Å². The number of benzene rings is 3. The van der Waals surface area contributed by atoms with E-state index in [0.717, 1.165) is 6.26 Å². The summed E-state index contributed by atoms with van der Waals surface area (Å²) >= 11 is 19.6. The summed E-state index contributed by atoms with van der Waals surface area (Å²) in [6, 6.07) is 16.8. The fourth-order valence-corrected chi connectivity index (χ4v) is 5.11. The number of nitrogens with zero attached hydrogens (tertiary/aromatic N) is 2. The number of sulfone groups is 1. The Morgan fingerprint density at radius 1 is 0.972 bits per heavy atom. The van der Waals surface area contributed by atoms with Crippen LogP contribution < -0.4 is 5.32 Å². The maximum Gasteiger partial charge on any atom is 0.271 e. The Hall–Kier alpha value is -2.88. The number of aromatic nitrogens is 2. The molecule has 4 rings (SSSR count). The fourth-order valence-electron chi connectivity index (χ4n) is 3.61. The van der Waals surface area contributed by atoms with Gasteiger partial charge in [-0.1, -0.05) is 59.1 Å². The Morgan fingerprint density at radius 3 is 2.28 bits per heavy atom. The zero-order valence-electron chi connectivity index (χ0n) is 18.9. The van der Waals surface area contributed by atoms with Gasteiger partial charge in [0.1, 0.15) is 11.5 Å². The molecule has 0 aliphatic heterocycles. The van der Waals surface area contributed by atoms with Gasteiger partial charge in [0.25, 0.3) is 5.91 Å². The molecule has 186 valence electrons. The van der Waals surface area contributed by atoms with Gasteiger partial charge < -0.3 is 10.4 Å². The third-order valence-electron chi connectivity index (χ3n) is 5.33. The van der Waals surface area contributed by atoms with Crippen LogP contribution in [0.25, 0.3) is 28.2 Å². The molecular weight excluding hydrogens is 545 g/mol. The van der Waals surface area contributed by atoms with E-state index in [1.165, 1.54) is 12.3 Å². The Kier molecular flexibility index (Phi) is 7.73. The van der Waals surface area contributed by atoms with Crippen molar-refractivity contribution in [3.63, 3.8) is 0 Å². The molecule has 0 saturated heterocycles. The van der Waals surface area contributed by atoms with Crippen molar-refractivity contribution in [3.8, 4) is 28.2 Å². The van der Waals surface area contributed by atoms with Crippen molar-refractivity contribution < 1.29 is 18.3 Å². The van der Waals surface area contributed by atoms with Crippen molar-refractivity contribution in [2.75, 3.05) is 19.4 Å². The van der Waals surface area contributed by atoms with Gasteiger partial charge in [0, 0.05) is 19.0 Å². The number of halogens is 3. The highest BCUT2D eigenvalue weighted by atomic mass is 35.5. The van der Waals surface area contributed by atoms with Crippen molar-refractivity contribution in [1.29, 1.82) is 0 Å². The van der Waals surface area contributed by atoms with Crippen molar-refractivity contribution in [2.24, 2.45) is 0 Å². The first-order valence-electron chi connectivity index (χ1n) is 10.6. The first-order valence-corrected chi connectivity index (χ1v) is 13.7. The molecule has 1 aromatic heterocycles. The second-order valence-corrected chi connectivity index (χ2v) is 11.1. The van der Waals surface area contributed by atoms with E-state index in [0.29, 0.717) is 43.3 Å². The third-order valence-corrected chi connectivity index (χ3v) is 7.37. The van der Waals surface area contributed by atoms with E-state index < -0.39 is 15.7 Å². The summed E-state index contributed by atoms with van der Waals surface area (Å²) in [6.45, 7) is -0.153. The molecule has 0 unspecified atom stereocenters. The Balaban J connectivity index is 1.85. The topological polar surface area (TPSA) is 101 Å². The molecule has 0 fully saturated rings. The number of hydrogen-bond acceptors (Lipinski definition) is 5. The summed E-state index contributed by atoms with van der Waals surface area (Å²) in [5.74, 6) is -0.189. The molecule has 0 saturated carbocycles. The highest BCUT2D eigenvalue weighted by Gasteiger charge is 2.22. The van der Waals surface area contributed by atoms with E-state index in [9.17, 15) is 13.2 Å². The predicted molar refractivity (Wildman–Crippen MR) is 142 cm³/mol. The number of imidazole rings is 1. The number of carbonyl (C=O) groups is 1. The van der Waals surface area contributed by atoms with Gasteiger partial charge >= 0.3 is 0 Å². The van der Waals surface area contributed by atoms with E-state index in [-0.39, 0.29) is 23.7 Å². The van der Waals surface area contributed by atoms with E-state index in [1.807, 2.05) is 0 Å². The number of amides is 1. The molecule has 1 amide bonds. The van der Waals surface area contributed by atoms with E-state index >= 15 is 0 Å². The smallest absolute Gasteiger partial charge is 0.271 e. The van der Waals surface area contributed by atoms with Gasteiger partial charge in [0.2, 0.25) is 0 Å². The molecule has 4 aromatic rings. The van der Waals surface area contributed by atoms with E-state index in [2.05, 4.69) is 10.3 Å². The maximum absolute atomic E-state index is 12.6. The van der Waals surface area contributed by atoms with Gasteiger partial charge in [0.05, 0.1) is 37.8 Å². The quantitative estimate of drug-likeness (QED) is 0.318. The first kappa shape index (κ1) is 26.2. The number of aliphatic hydroxyl groups excluding tert-OH is 1. The molecule has 0 spiro atoms. The molecular formula is C25H20Cl3N3O4S. The van der Waals surface area contributed by atoms with Gasteiger partial charge in [-0.05, 0) is 47.5 Å². The van der Waals surface area contributed by atoms with Crippen molar-refractivity contribution in [3.05, 3.63) is 87.6 Å². The van der Waals surface area contributed by atoms with Gasteiger partial charge in [-0.3, -0.25) is 9.36 Å². The lowest BCUT2D eigenvalue weighted by molar-refractivity contribution is 0.0940. The zero-order chi connectivity index (χ0) is 26.0. The van der Waals surface area contributed by atoms with Gasteiger partial charge in [0.15, 0.2) is 9.84 Å². The number of hydrogen-bond donors (Lipinski definition) is 2. The summed E-state index contributed by atoms with van der Waals surface area (Å²) in [6.07, 6.45) is 2.66. The molecule has 1 heterocycles. The second kappa shape index (κ2) is 10.6. The molecule has 3 aromatic carbocycles. The lowest BCUT2D eigenvalue weighted by Crippen LogP contribution is -2.26. The van der Waals surface area contributed by atoms with E-state index in [4.69, 9.17) is 39.9 Å². The van der Waals surface area contributed by atoms with Crippen LogP contribution in [0.4, 0.5) is 0 Å². The van der Waals surface area contributed by atoms with Gasteiger partial charge in [-0.15, -0.1) is 0 Å². The second-order valence-electron chi connectivity index (χ2n) is 7.86. The minimum atomic E-state index is -3.38. The molecule has 0 bridgehead atoms. The zero-order valence-corrected chi connectivity index (χ0v) is 22.0. The molecule has 7 nitrogen and oxygen atoms in total. The SMILES string of the molecule is CS(=O)(=O)c1cccc(-c2ccc(-n3cc(C(=O)NCCO)nc3-c3c(Cl)cccc3Cl)c(Cl)c2)c1. The maximum atomic E-state index is 12.6. The predicted octanol–water partition coefficient (Wildman–Crippen LogP) is 5.29. The molecule has 0 aliphatic carbocycles. The molecule has 36 heavy (non-hydrogen) atoms. The number of carbonyl (C=O) groups excluding carboxylic acids is 1. The average molecular weight is 565 g/mol. The number of aliphatic hydroxyl groups is 1. The molecule has 2 N–H and O–H groups in total. The monoisotopic (exact) mass is 563 g/mol. The summed E-state index contributed by atoms with van der Waals surface area (Å²) in [4.78, 5) is 17.3. The van der Waals surface area contributed by atoms with Crippen LogP contribution in [0.3, 0.4) is 0 Å². The highest BCUT2D eigenvalue weighted by molar-refractivity contribution is 7.90. The molecule has 0 atom stereocenters. The van der Waals surface area contributed by atoms with Crippen LogP contribution in [-0.2, 0) is 9.84 Å². The van der Waals surface area contributed by atoms with Crippen LogP contribution in [0.1, 0.15) is 10.5 Å². The fraction of sp³-hybridized carbons (Fsp3) is 0.120. The van der Waals surface area contributed by atoms with Crippen molar-refractivity contribution in [1.82, 2.24) is 14.9 Å². The van der Waals surface area contributed by atoms with Crippen LogP contribution in [0, 0.1) is 0 Å². The summed E-state index contributed by atoms with van der Waals surface area (Å²) in [7, 11) is -3.38. The minimum absolute atomic E-state index is 0.0654. The lowest BCUT2D eigenvalue weighted by atomic mass is 10.1. The first-order chi connectivity index (χ1) is 17.1. The third kappa shape index (κ3) is 5.43. The van der Waals surface area contributed by atoms with Crippen LogP contribution in [0.2, 0.25) is 15.1 Å². The Bertz CT molecular complexity index is 1550. The van der Waals surface area contributed by atoms with Crippen LogP contribution in [-0.4, -0.2) is 48.4 Å². The normalized spacial score (nSPS) is 11.5. The van der Waals surface area contributed by atoms with Gasteiger partial charge in [-0.2, -0.15) is 0 Å². The molecule has 0 radical (unpaired) electrons. The Labute approximate surface area is 223 Å². The van der Waals surface area contributed by atoms with Crippen LogP contribution in [0.5, 0.6) is 0 Å². The highest BCUT2D eigenvalue weighted by Crippen LogP contribution is 2.37. The standard InChI is InChI=1S/C25H20Cl3N3O4S/c1-36(34,35)17-5-2-4-15(12-17)16-8-9-22(20(28)13-16)31-14-21(25(33)29-10-11-32)30-24(31)23-18(26)6-3-7-19(23)27/h2-9,12-14,32H,10-11H2,1H3,(H,29,33). The summed E-state index contributed by atoms with van der Waals surface area (Å²) in [5.41, 5.74) is 2.38. The summed E-state index contributed by atoms with van der Waals surface area (Å²) in [5, 5.41) is 12.6. The number of nitrogens with one attached hydrogen (secondary N) is 1. The number of rotatable bonds is 7. The van der Waals surface area contributed by atoms with Crippen molar-refractivity contribution in [2.45, 2.75) is 4.90 Å². The van der Waals surface area contributed by atoms with Crippen LogP contribution in [0.15, 0.2) is 71.8 Å². The van der Waals surface area contributed by atoms with E-state index in [1.54, 1.807) is 59.2 Å². The van der Waals surface area contributed by atoms with Gasteiger partial charge in [-0.25, -0.2) is 13.4 Å². The average Bonchev–Trinajstić information content (AvgIpc) is 3.26. The summed E-state index contributed by atoms with van der Waals surface area (Å²) < 4.78 is 25.5. The Morgan fingerprint density at radius 2 is 1.64 bits per heavy atom.